The van der Waals surface area contributed by atoms with Crippen molar-refractivity contribution >= 4 is 33.9 Å². The van der Waals surface area contributed by atoms with Gasteiger partial charge in [0.25, 0.3) is 5.91 Å². The van der Waals surface area contributed by atoms with Crippen molar-refractivity contribution in [3.8, 4) is 0 Å². The first-order chi connectivity index (χ1) is 12.0. The van der Waals surface area contributed by atoms with Crippen LogP contribution in [0.5, 0.6) is 0 Å². The van der Waals surface area contributed by atoms with Crippen LogP contribution in [0.4, 0.5) is 4.39 Å². The van der Waals surface area contributed by atoms with Gasteiger partial charge >= 0.3 is 5.97 Å². The Morgan fingerprint density at radius 1 is 1.20 bits per heavy atom. The van der Waals surface area contributed by atoms with Crippen molar-refractivity contribution in [2.75, 3.05) is 0 Å². The van der Waals surface area contributed by atoms with Gasteiger partial charge < -0.3 is 10.1 Å². The maximum atomic E-state index is 12.8. The molecular weight excluding hydrogens is 389 g/mol. The van der Waals surface area contributed by atoms with Crippen LogP contribution < -0.4 is 5.32 Å². The fourth-order valence-corrected chi connectivity index (χ4v) is 2.39. The molecule has 2 rings (SSSR count). The topological polar surface area (TPSA) is 55.4 Å². The summed E-state index contributed by atoms with van der Waals surface area (Å²) in [6.45, 7) is 1.72. The number of ether oxygens (including phenoxy) is 1. The summed E-state index contributed by atoms with van der Waals surface area (Å²) in [6, 6.07) is 13.2. The minimum absolute atomic E-state index is 0.230. The number of amides is 1. The van der Waals surface area contributed by atoms with E-state index in [1.807, 2.05) is 24.3 Å². The summed E-state index contributed by atoms with van der Waals surface area (Å²) in [5, 5.41) is 2.64. The molecule has 0 fully saturated rings. The molecule has 2 aromatic rings. The number of halogens is 2. The zero-order valence-electron chi connectivity index (χ0n) is 13.5. The van der Waals surface area contributed by atoms with Crippen molar-refractivity contribution in [3.63, 3.8) is 0 Å². The third-order valence-corrected chi connectivity index (χ3v) is 4.07. The van der Waals surface area contributed by atoms with E-state index in [4.69, 9.17) is 4.74 Å². The lowest BCUT2D eigenvalue weighted by atomic mass is 10.2. The SMILES string of the molecule is C[C@H](OC(=O)/C=C/c1ccccc1Br)C(=O)NCc1ccc(F)cc1. The average molecular weight is 406 g/mol. The van der Waals surface area contributed by atoms with Gasteiger partial charge in [0, 0.05) is 17.1 Å². The molecule has 0 spiro atoms. The predicted molar refractivity (Wildman–Crippen MR) is 97.0 cm³/mol. The van der Waals surface area contributed by atoms with Crippen LogP contribution in [0.2, 0.25) is 0 Å². The highest BCUT2D eigenvalue weighted by Gasteiger charge is 2.16. The molecule has 6 heteroatoms. The third kappa shape index (κ3) is 6.15. The number of esters is 1. The number of nitrogens with one attached hydrogen (secondary N) is 1. The van der Waals surface area contributed by atoms with Gasteiger partial charge in [0.15, 0.2) is 6.10 Å². The van der Waals surface area contributed by atoms with Crippen LogP contribution in [0.1, 0.15) is 18.1 Å². The molecule has 25 heavy (non-hydrogen) atoms. The molecule has 0 heterocycles. The highest BCUT2D eigenvalue weighted by molar-refractivity contribution is 9.10. The van der Waals surface area contributed by atoms with Crippen LogP contribution in [0.15, 0.2) is 59.1 Å². The van der Waals surface area contributed by atoms with E-state index in [0.29, 0.717) is 0 Å². The molecule has 0 saturated carbocycles. The van der Waals surface area contributed by atoms with Crippen molar-refractivity contribution in [1.82, 2.24) is 5.32 Å². The van der Waals surface area contributed by atoms with Crippen LogP contribution in [0.25, 0.3) is 6.08 Å². The Balaban J connectivity index is 1.82. The molecule has 0 bridgehead atoms. The smallest absolute Gasteiger partial charge is 0.331 e. The second-order valence-electron chi connectivity index (χ2n) is 5.28. The summed E-state index contributed by atoms with van der Waals surface area (Å²) in [5.41, 5.74) is 1.58. The van der Waals surface area contributed by atoms with Crippen LogP contribution in [0, 0.1) is 5.82 Å². The number of rotatable bonds is 6. The first-order valence-electron chi connectivity index (χ1n) is 7.61. The van der Waals surface area contributed by atoms with Crippen molar-refractivity contribution in [1.29, 1.82) is 0 Å². The summed E-state index contributed by atoms with van der Waals surface area (Å²) in [7, 11) is 0. The molecule has 0 unspecified atom stereocenters. The second-order valence-corrected chi connectivity index (χ2v) is 6.13. The van der Waals surface area contributed by atoms with Crippen molar-refractivity contribution in [2.24, 2.45) is 0 Å². The molecule has 0 saturated heterocycles. The van der Waals surface area contributed by atoms with Gasteiger partial charge in [-0.15, -0.1) is 0 Å². The fourth-order valence-electron chi connectivity index (χ4n) is 1.97. The molecule has 1 atom stereocenters. The van der Waals surface area contributed by atoms with Crippen molar-refractivity contribution in [3.05, 3.63) is 76.0 Å². The van der Waals surface area contributed by atoms with Gasteiger partial charge in [-0.05, 0) is 42.3 Å². The number of carbonyl (C=O) groups excluding carboxylic acids is 2. The van der Waals surface area contributed by atoms with Crippen LogP contribution in [0.3, 0.4) is 0 Å². The lowest BCUT2D eigenvalue weighted by Crippen LogP contribution is -2.35. The van der Waals surface area contributed by atoms with Gasteiger partial charge in [0.1, 0.15) is 5.82 Å². The fraction of sp³-hybridized carbons (Fsp3) is 0.158. The Kier molecular flexibility index (Phi) is 6.89. The van der Waals surface area contributed by atoms with Crippen LogP contribution in [-0.4, -0.2) is 18.0 Å². The van der Waals surface area contributed by atoms with E-state index in [2.05, 4.69) is 21.2 Å². The molecule has 0 aliphatic rings. The van der Waals surface area contributed by atoms with Gasteiger partial charge in [-0.3, -0.25) is 4.79 Å². The first kappa shape index (κ1) is 18.9. The van der Waals surface area contributed by atoms with Crippen molar-refractivity contribution < 1.29 is 18.7 Å². The molecule has 2 aromatic carbocycles. The third-order valence-electron chi connectivity index (χ3n) is 3.35. The minimum atomic E-state index is -0.934. The van der Waals surface area contributed by atoms with E-state index < -0.39 is 18.0 Å². The molecule has 4 nitrogen and oxygen atoms in total. The first-order valence-corrected chi connectivity index (χ1v) is 8.40. The van der Waals surface area contributed by atoms with Crippen LogP contribution in [-0.2, 0) is 20.9 Å². The quantitative estimate of drug-likeness (QED) is 0.586. The summed E-state index contributed by atoms with van der Waals surface area (Å²) >= 11 is 3.38. The summed E-state index contributed by atoms with van der Waals surface area (Å²) in [4.78, 5) is 23.8. The molecule has 130 valence electrons. The summed E-state index contributed by atoms with van der Waals surface area (Å²) in [6.07, 6.45) is 1.94. The lowest BCUT2D eigenvalue weighted by molar-refractivity contribution is -0.150. The molecular formula is C19H17BrFNO3. The van der Waals surface area contributed by atoms with Gasteiger partial charge in [-0.1, -0.05) is 46.3 Å². The second kappa shape index (κ2) is 9.13. The Bertz CT molecular complexity index is 774. The lowest BCUT2D eigenvalue weighted by Gasteiger charge is -2.12. The van der Waals surface area contributed by atoms with Gasteiger partial charge in [0.2, 0.25) is 0 Å². The van der Waals surface area contributed by atoms with E-state index in [1.54, 1.807) is 18.2 Å². The Morgan fingerprint density at radius 2 is 1.88 bits per heavy atom. The normalized spacial score (nSPS) is 12.0. The van der Waals surface area contributed by atoms with Gasteiger partial charge in [-0.2, -0.15) is 0 Å². The number of hydrogen-bond donors (Lipinski definition) is 1. The largest absolute Gasteiger partial charge is 0.449 e. The molecule has 1 N–H and O–H groups in total. The zero-order chi connectivity index (χ0) is 18.2. The minimum Gasteiger partial charge on any atom is -0.449 e. The highest BCUT2D eigenvalue weighted by Crippen LogP contribution is 2.17. The van der Waals surface area contributed by atoms with Gasteiger partial charge in [-0.25, -0.2) is 9.18 Å². The number of carbonyl (C=O) groups is 2. The highest BCUT2D eigenvalue weighted by atomic mass is 79.9. The van der Waals surface area contributed by atoms with Crippen molar-refractivity contribution in [2.45, 2.75) is 19.6 Å². The van der Waals surface area contributed by atoms with E-state index in [1.165, 1.54) is 25.1 Å². The maximum Gasteiger partial charge on any atom is 0.331 e. The summed E-state index contributed by atoms with van der Waals surface area (Å²) < 4.78 is 18.7. The molecule has 0 radical (unpaired) electrons. The van der Waals surface area contributed by atoms with E-state index in [-0.39, 0.29) is 12.4 Å². The molecule has 1 amide bonds. The number of benzene rings is 2. The summed E-state index contributed by atoms with van der Waals surface area (Å²) in [5.74, 6) is -1.37. The van der Waals surface area contributed by atoms with Crippen LogP contribution >= 0.6 is 15.9 Å². The maximum absolute atomic E-state index is 12.8. The standard InChI is InChI=1S/C19H17BrFNO3/c1-13(19(24)22-12-14-6-9-16(21)10-7-14)25-18(23)11-8-15-4-2-3-5-17(15)20/h2-11,13H,12H2,1H3,(H,22,24)/b11-8+/t13-/m0/s1. The average Bonchev–Trinajstić information content (AvgIpc) is 2.60. The van der Waals surface area contributed by atoms with E-state index in [0.717, 1.165) is 15.6 Å². The molecule has 0 aliphatic heterocycles. The Morgan fingerprint density at radius 3 is 2.56 bits per heavy atom. The monoisotopic (exact) mass is 405 g/mol. The molecule has 0 aliphatic carbocycles. The van der Waals surface area contributed by atoms with E-state index in [9.17, 15) is 14.0 Å². The predicted octanol–water partition coefficient (Wildman–Crippen LogP) is 3.85. The van der Waals surface area contributed by atoms with Gasteiger partial charge in [0.05, 0.1) is 0 Å². The van der Waals surface area contributed by atoms with E-state index >= 15 is 0 Å². The number of hydrogen-bond acceptors (Lipinski definition) is 3. The Labute approximate surface area is 153 Å². The zero-order valence-corrected chi connectivity index (χ0v) is 15.1. The Hall–Kier alpha value is -2.47. The molecule has 0 aromatic heterocycles.